The van der Waals surface area contributed by atoms with E-state index < -0.39 is 17.5 Å². The number of nitriles is 2. The van der Waals surface area contributed by atoms with Crippen molar-refractivity contribution < 1.29 is 13.2 Å². The van der Waals surface area contributed by atoms with Gasteiger partial charge in [-0.15, -0.1) is 0 Å². The molecule has 0 radical (unpaired) electrons. The summed E-state index contributed by atoms with van der Waals surface area (Å²) in [4.78, 5) is 4.46. The fraction of sp³-hybridized carbons (Fsp3) is 0. The van der Waals surface area contributed by atoms with E-state index in [1.165, 1.54) is 0 Å². The molecule has 2 aliphatic carbocycles. The zero-order chi connectivity index (χ0) is 21.7. The number of hydrogen-bond acceptors (Lipinski definition) is 3. The molecule has 0 unspecified atom stereocenters. The van der Waals surface area contributed by atoms with Crippen molar-refractivity contribution in [2.24, 2.45) is 0 Å². The zero-order valence-corrected chi connectivity index (χ0v) is 15.7. The van der Waals surface area contributed by atoms with Crippen LogP contribution in [0.15, 0.2) is 66.4 Å². The molecule has 146 valence electrons. The summed E-state index contributed by atoms with van der Waals surface area (Å²) in [6.45, 7) is 0. The van der Waals surface area contributed by atoms with Gasteiger partial charge < -0.3 is 0 Å². The summed E-state index contributed by atoms with van der Waals surface area (Å²) >= 11 is 0. The highest BCUT2D eigenvalue weighted by atomic mass is 19.2. The van der Waals surface area contributed by atoms with Crippen LogP contribution in [0.25, 0.3) is 28.0 Å². The highest BCUT2D eigenvalue weighted by Crippen LogP contribution is 2.54. The molecule has 0 atom stereocenters. The molecule has 1 aromatic heterocycles. The van der Waals surface area contributed by atoms with Gasteiger partial charge in [0.15, 0.2) is 17.5 Å². The third-order valence-electron chi connectivity index (χ3n) is 5.46. The Morgan fingerprint density at radius 3 is 2.16 bits per heavy atom. The SMILES string of the molecule is N#C/C=C1C(=C2/c3ccccc3-c3ncccc32)/C(=C/C#N)c2cc(F)c(F)c(F)c2/1. The zero-order valence-electron chi connectivity index (χ0n) is 15.7. The lowest BCUT2D eigenvalue weighted by Gasteiger charge is -2.11. The van der Waals surface area contributed by atoms with Crippen LogP contribution in [0.1, 0.15) is 22.3 Å². The van der Waals surface area contributed by atoms with Crippen molar-refractivity contribution in [3.8, 4) is 23.4 Å². The lowest BCUT2D eigenvalue weighted by Crippen LogP contribution is -1.97. The second-order valence-electron chi connectivity index (χ2n) is 6.98. The number of aromatic nitrogens is 1. The molecule has 0 spiro atoms. The second kappa shape index (κ2) is 6.83. The average Bonchev–Trinajstić information content (AvgIpc) is 3.25. The van der Waals surface area contributed by atoms with E-state index in [9.17, 15) is 23.7 Å². The fourth-order valence-corrected chi connectivity index (χ4v) is 4.31. The Balaban J connectivity index is 1.99. The van der Waals surface area contributed by atoms with Crippen LogP contribution in [-0.4, -0.2) is 4.98 Å². The Hall–Kier alpha value is -4.42. The molecule has 0 saturated carbocycles. The minimum atomic E-state index is -1.63. The molecule has 31 heavy (non-hydrogen) atoms. The Morgan fingerprint density at radius 1 is 0.742 bits per heavy atom. The number of hydrogen-bond donors (Lipinski definition) is 0. The summed E-state index contributed by atoms with van der Waals surface area (Å²) in [5, 5.41) is 18.8. The van der Waals surface area contributed by atoms with Crippen molar-refractivity contribution in [3.05, 3.63) is 106 Å². The van der Waals surface area contributed by atoms with Crippen molar-refractivity contribution in [3.63, 3.8) is 0 Å². The van der Waals surface area contributed by atoms with E-state index >= 15 is 0 Å². The summed E-state index contributed by atoms with van der Waals surface area (Å²) in [5.74, 6) is -4.38. The number of benzene rings is 2. The monoisotopic (exact) mass is 409 g/mol. The van der Waals surface area contributed by atoms with Crippen LogP contribution in [0.5, 0.6) is 0 Å². The molecule has 0 saturated heterocycles. The molecule has 1 heterocycles. The minimum Gasteiger partial charge on any atom is -0.256 e. The molecular formula is C25H10F3N3. The van der Waals surface area contributed by atoms with Gasteiger partial charge in [0.2, 0.25) is 0 Å². The number of nitrogens with zero attached hydrogens (tertiary/aromatic N) is 3. The first-order valence-corrected chi connectivity index (χ1v) is 9.26. The van der Waals surface area contributed by atoms with E-state index in [4.69, 9.17) is 0 Å². The van der Waals surface area contributed by atoms with Gasteiger partial charge in [-0.1, -0.05) is 30.3 Å². The van der Waals surface area contributed by atoms with Crippen molar-refractivity contribution in [2.75, 3.05) is 0 Å². The first-order valence-electron chi connectivity index (χ1n) is 9.26. The lowest BCUT2D eigenvalue weighted by atomic mass is 9.91. The van der Waals surface area contributed by atoms with E-state index in [0.717, 1.165) is 34.9 Å². The van der Waals surface area contributed by atoms with Crippen LogP contribution in [0.4, 0.5) is 13.2 Å². The van der Waals surface area contributed by atoms with Crippen LogP contribution in [0, 0.1) is 40.1 Å². The predicted molar refractivity (Wildman–Crippen MR) is 109 cm³/mol. The average molecular weight is 409 g/mol. The largest absolute Gasteiger partial charge is 0.256 e. The smallest absolute Gasteiger partial charge is 0.195 e. The van der Waals surface area contributed by atoms with Crippen molar-refractivity contribution in [2.45, 2.75) is 0 Å². The number of rotatable bonds is 0. The van der Waals surface area contributed by atoms with Crippen LogP contribution < -0.4 is 0 Å². The number of pyridine rings is 1. The molecule has 3 nitrogen and oxygen atoms in total. The van der Waals surface area contributed by atoms with Gasteiger partial charge in [-0.3, -0.25) is 4.98 Å². The normalized spacial score (nSPS) is 18.5. The van der Waals surface area contributed by atoms with Gasteiger partial charge in [-0.25, -0.2) is 13.2 Å². The van der Waals surface area contributed by atoms with E-state index in [1.54, 1.807) is 12.3 Å². The Kier molecular flexibility index (Phi) is 4.10. The number of halogens is 3. The summed E-state index contributed by atoms with van der Waals surface area (Å²) in [6.07, 6.45) is 3.90. The van der Waals surface area contributed by atoms with E-state index in [1.807, 2.05) is 42.5 Å². The lowest BCUT2D eigenvalue weighted by molar-refractivity contribution is 0.445. The molecule has 6 heteroatoms. The highest BCUT2D eigenvalue weighted by molar-refractivity contribution is 6.19. The molecule has 0 N–H and O–H groups in total. The molecule has 0 bridgehead atoms. The molecule has 2 aliphatic rings. The molecular weight excluding hydrogens is 399 g/mol. The van der Waals surface area contributed by atoms with Crippen molar-refractivity contribution in [1.82, 2.24) is 4.98 Å². The molecule has 3 aromatic rings. The van der Waals surface area contributed by atoms with E-state index in [0.29, 0.717) is 16.8 Å². The highest BCUT2D eigenvalue weighted by Gasteiger charge is 2.38. The van der Waals surface area contributed by atoms with Crippen LogP contribution >= 0.6 is 0 Å². The molecule has 2 aromatic carbocycles. The molecule has 5 rings (SSSR count). The molecule has 0 aliphatic heterocycles. The standard InChI is InChI=1S/C25H10F3N3/c26-19-12-18-14(7-9-29)20(16(8-10-30)22(18)24(28)23(19)27)21-13-4-1-2-5-15(13)25-17(21)6-3-11-31-25/h1-8,11-12H/b14-7+,16-8-,21-20-. The third kappa shape index (κ3) is 2.49. The van der Waals surface area contributed by atoms with Gasteiger partial charge in [0.25, 0.3) is 0 Å². The van der Waals surface area contributed by atoms with Gasteiger partial charge in [0.1, 0.15) is 0 Å². The maximum absolute atomic E-state index is 14.9. The summed E-state index contributed by atoms with van der Waals surface area (Å²) in [6, 6.07) is 15.6. The van der Waals surface area contributed by atoms with Gasteiger partial charge >= 0.3 is 0 Å². The Bertz CT molecular complexity index is 1430. The Labute approximate surface area is 175 Å². The van der Waals surface area contributed by atoms with Gasteiger partial charge in [-0.05, 0) is 23.3 Å². The quantitative estimate of drug-likeness (QED) is 0.272. The Morgan fingerprint density at radius 2 is 1.42 bits per heavy atom. The number of fused-ring (bicyclic) bond motifs is 4. The fourth-order valence-electron chi connectivity index (χ4n) is 4.31. The minimum absolute atomic E-state index is 0.0248. The predicted octanol–water partition coefficient (Wildman–Crippen LogP) is 5.81. The van der Waals surface area contributed by atoms with Gasteiger partial charge in [0.05, 0.1) is 17.8 Å². The topological polar surface area (TPSA) is 60.5 Å². The van der Waals surface area contributed by atoms with E-state index in [-0.39, 0.29) is 22.3 Å². The first-order chi connectivity index (χ1) is 15.1. The van der Waals surface area contributed by atoms with Gasteiger partial charge in [0, 0.05) is 57.3 Å². The van der Waals surface area contributed by atoms with Crippen LogP contribution in [-0.2, 0) is 0 Å². The molecule has 0 amide bonds. The third-order valence-corrected chi connectivity index (χ3v) is 5.46. The van der Waals surface area contributed by atoms with Crippen LogP contribution in [0.2, 0.25) is 0 Å². The summed E-state index contributed by atoms with van der Waals surface area (Å²) < 4.78 is 43.1. The number of allylic oxidation sites excluding steroid dienone is 5. The van der Waals surface area contributed by atoms with Gasteiger partial charge in [-0.2, -0.15) is 10.5 Å². The maximum atomic E-state index is 14.9. The van der Waals surface area contributed by atoms with Crippen LogP contribution in [0.3, 0.4) is 0 Å². The van der Waals surface area contributed by atoms with E-state index in [2.05, 4.69) is 4.98 Å². The second-order valence-corrected chi connectivity index (χ2v) is 6.98. The van der Waals surface area contributed by atoms with Crippen molar-refractivity contribution in [1.29, 1.82) is 10.5 Å². The first kappa shape index (κ1) is 18.6. The molecule has 0 fully saturated rings. The van der Waals surface area contributed by atoms with Crippen molar-refractivity contribution >= 4 is 16.7 Å². The maximum Gasteiger partial charge on any atom is 0.195 e. The summed E-state index contributed by atoms with van der Waals surface area (Å²) in [5.41, 5.74) is 4.11. The summed E-state index contributed by atoms with van der Waals surface area (Å²) in [7, 11) is 0.